The number of nitrogens with zero attached hydrogens (tertiary/aromatic N) is 2. The van der Waals surface area contributed by atoms with E-state index in [-0.39, 0.29) is 0 Å². The van der Waals surface area contributed by atoms with Gasteiger partial charge in [0.15, 0.2) is 0 Å². The first-order valence-corrected chi connectivity index (χ1v) is 6.56. The molecule has 0 saturated carbocycles. The largest absolute Gasteiger partial charge is 0.481 e. The van der Waals surface area contributed by atoms with Crippen LogP contribution in [0, 0.1) is 20.8 Å². The SMILES string of the molecule is Cc1ccc(CC(C(=O)O)c2cnc(C)c(C)n2)cc1. The Labute approximate surface area is 118 Å². The number of carboxylic acids is 1. The predicted octanol–water partition coefficient (Wildman–Crippen LogP) is 2.81. The van der Waals surface area contributed by atoms with Crippen molar-refractivity contribution in [2.45, 2.75) is 33.1 Å². The summed E-state index contributed by atoms with van der Waals surface area (Å²) in [5, 5.41) is 9.44. The van der Waals surface area contributed by atoms with Gasteiger partial charge in [0, 0.05) is 6.20 Å². The molecule has 4 nitrogen and oxygen atoms in total. The van der Waals surface area contributed by atoms with Crippen LogP contribution in [0.4, 0.5) is 0 Å². The van der Waals surface area contributed by atoms with E-state index in [4.69, 9.17) is 0 Å². The molecule has 4 heteroatoms. The molecule has 0 spiro atoms. The number of rotatable bonds is 4. The molecule has 0 radical (unpaired) electrons. The van der Waals surface area contributed by atoms with Crippen molar-refractivity contribution in [1.29, 1.82) is 0 Å². The smallest absolute Gasteiger partial charge is 0.312 e. The lowest BCUT2D eigenvalue weighted by Gasteiger charge is -2.13. The lowest BCUT2D eigenvalue weighted by molar-refractivity contribution is -0.138. The average Bonchev–Trinajstić information content (AvgIpc) is 2.41. The average molecular weight is 270 g/mol. The van der Waals surface area contributed by atoms with Crippen LogP contribution in [0.2, 0.25) is 0 Å². The van der Waals surface area contributed by atoms with Gasteiger partial charge in [-0.05, 0) is 32.8 Å². The Morgan fingerprint density at radius 3 is 2.35 bits per heavy atom. The molecule has 2 aromatic rings. The Morgan fingerprint density at radius 1 is 1.15 bits per heavy atom. The van der Waals surface area contributed by atoms with E-state index < -0.39 is 11.9 Å². The molecular formula is C16H18N2O2. The van der Waals surface area contributed by atoms with E-state index in [0.717, 1.165) is 22.5 Å². The van der Waals surface area contributed by atoms with Crippen LogP contribution in [-0.4, -0.2) is 21.0 Å². The van der Waals surface area contributed by atoms with E-state index in [2.05, 4.69) is 9.97 Å². The first-order chi connectivity index (χ1) is 9.47. The second kappa shape index (κ2) is 5.82. The van der Waals surface area contributed by atoms with Gasteiger partial charge in [-0.25, -0.2) is 0 Å². The summed E-state index contributed by atoms with van der Waals surface area (Å²) >= 11 is 0. The fourth-order valence-corrected chi connectivity index (χ4v) is 2.01. The molecule has 1 aromatic heterocycles. The van der Waals surface area contributed by atoms with Crippen molar-refractivity contribution in [3.8, 4) is 0 Å². The topological polar surface area (TPSA) is 63.1 Å². The summed E-state index contributed by atoms with van der Waals surface area (Å²) in [5.74, 6) is -1.53. The molecule has 0 saturated heterocycles. The second-order valence-corrected chi connectivity index (χ2v) is 5.05. The van der Waals surface area contributed by atoms with E-state index >= 15 is 0 Å². The quantitative estimate of drug-likeness (QED) is 0.928. The molecule has 1 aromatic carbocycles. The first-order valence-electron chi connectivity index (χ1n) is 6.56. The van der Waals surface area contributed by atoms with Crippen molar-refractivity contribution in [1.82, 2.24) is 9.97 Å². The summed E-state index contributed by atoms with van der Waals surface area (Å²) in [5.41, 5.74) is 4.27. The summed E-state index contributed by atoms with van der Waals surface area (Å²) in [6.45, 7) is 5.71. The molecule has 0 aliphatic carbocycles. The minimum Gasteiger partial charge on any atom is -0.481 e. The minimum atomic E-state index is -0.872. The molecule has 0 bridgehead atoms. The summed E-state index contributed by atoms with van der Waals surface area (Å²) < 4.78 is 0. The zero-order valence-electron chi connectivity index (χ0n) is 11.9. The Kier molecular flexibility index (Phi) is 4.13. The first kappa shape index (κ1) is 14.2. The number of hydrogen-bond donors (Lipinski definition) is 1. The van der Waals surface area contributed by atoms with Crippen molar-refractivity contribution in [3.05, 3.63) is 58.7 Å². The summed E-state index contributed by atoms with van der Waals surface area (Å²) in [6.07, 6.45) is 1.99. The Morgan fingerprint density at radius 2 is 1.80 bits per heavy atom. The third-order valence-electron chi connectivity index (χ3n) is 3.43. The highest BCUT2D eigenvalue weighted by atomic mass is 16.4. The van der Waals surface area contributed by atoms with Crippen molar-refractivity contribution < 1.29 is 9.90 Å². The van der Waals surface area contributed by atoms with Gasteiger partial charge in [-0.1, -0.05) is 29.8 Å². The number of hydrogen-bond acceptors (Lipinski definition) is 3. The molecule has 20 heavy (non-hydrogen) atoms. The van der Waals surface area contributed by atoms with Gasteiger partial charge in [0.1, 0.15) is 5.92 Å². The fraction of sp³-hybridized carbons (Fsp3) is 0.312. The Balaban J connectivity index is 2.29. The van der Waals surface area contributed by atoms with Gasteiger partial charge < -0.3 is 5.11 Å². The van der Waals surface area contributed by atoms with E-state index in [1.54, 1.807) is 6.20 Å². The van der Waals surface area contributed by atoms with Crippen LogP contribution in [0.1, 0.15) is 34.1 Å². The standard InChI is InChI=1S/C16H18N2O2/c1-10-4-6-13(7-5-10)8-14(16(19)20)15-9-17-11(2)12(3)18-15/h4-7,9,14H,8H2,1-3H3,(H,19,20). The van der Waals surface area contributed by atoms with Crippen LogP contribution >= 0.6 is 0 Å². The fourth-order valence-electron chi connectivity index (χ4n) is 2.01. The highest BCUT2D eigenvalue weighted by Gasteiger charge is 2.22. The third kappa shape index (κ3) is 3.20. The molecular weight excluding hydrogens is 252 g/mol. The monoisotopic (exact) mass is 270 g/mol. The van der Waals surface area contributed by atoms with Crippen molar-refractivity contribution >= 4 is 5.97 Å². The summed E-state index contributed by atoms with van der Waals surface area (Å²) in [7, 11) is 0. The van der Waals surface area contributed by atoms with Crippen molar-refractivity contribution in [2.24, 2.45) is 0 Å². The molecule has 1 atom stereocenters. The molecule has 2 rings (SSSR count). The number of aromatic nitrogens is 2. The van der Waals surface area contributed by atoms with Crippen LogP contribution in [0.25, 0.3) is 0 Å². The maximum Gasteiger partial charge on any atom is 0.312 e. The highest BCUT2D eigenvalue weighted by molar-refractivity contribution is 5.75. The molecule has 1 unspecified atom stereocenters. The van der Waals surface area contributed by atoms with Gasteiger partial charge in [-0.15, -0.1) is 0 Å². The number of carbonyl (C=O) groups is 1. The van der Waals surface area contributed by atoms with Gasteiger partial charge in [-0.3, -0.25) is 14.8 Å². The molecule has 1 N–H and O–H groups in total. The van der Waals surface area contributed by atoms with Crippen LogP contribution in [0.5, 0.6) is 0 Å². The Hall–Kier alpha value is -2.23. The van der Waals surface area contributed by atoms with Gasteiger partial charge in [0.25, 0.3) is 0 Å². The molecule has 1 heterocycles. The maximum atomic E-state index is 11.5. The zero-order chi connectivity index (χ0) is 14.7. The third-order valence-corrected chi connectivity index (χ3v) is 3.43. The van der Waals surface area contributed by atoms with Gasteiger partial charge in [0.2, 0.25) is 0 Å². The number of benzene rings is 1. The predicted molar refractivity (Wildman–Crippen MR) is 76.8 cm³/mol. The van der Waals surface area contributed by atoms with Crippen LogP contribution in [-0.2, 0) is 11.2 Å². The van der Waals surface area contributed by atoms with Gasteiger partial charge in [-0.2, -0.15) is 0 Å². The number of carboxylic acid groups (broad SMARTS) is 1. The lowest BCUT2D eigenvalue weighted by atomic mass is 9.96. The van der Waals surface area contributed by atoms with Crippen LogP contribution in [0.3, 0.4) is 0 Å². The van der Waals surface area contributed by atoms with E-state index in [9.17, 15) is 9.90 Å². The van der Waals surface area contributed by atoms with Gasteiger partial charge in [0.05, 0.1) is 17.1 Å². The van der Waals surface area contributed by atoms with Crippen molar-refractivity contribution in [3.63, 3.8) is 0 Å². The van der Waals surface area contributed by atoms with Crippen LogP contribution < -0.4 is 0 Å². The number of aryl methyl sites for hydroxylation is 3. The molecule has 0 aliphatic rings. The molecule has 0 fully saturated rings. The zero-order valence-corrected chi connectivity index (χ0v) is 11.9. The summed E-state index contributed by atoms with van der Waals surface area (Å²) in [6, 6.07) is 7.89. The van der Waals surface area contributed by atoms with Gasteiger partial charge >= 0.3 is 5.97 Å². The minimum absolute atomic E-state index is 0.423. The Bertz CT molecular complexity index is 621. The van der Waals surface area contributed by atoms with E-state index in [1.807, 2.05) is 45.0 Å². The second-order valence-electron chi connectivity index (χ2n) is 5.05. The highest BCUT2D eigenvalue weighted by Crippen LogP contribution is 2.20. The molecule has 0 amide bonds. The molecule has 104 valence electrons. The number of aliphatic carboxylic acids is 1. The van der Waals surface area contributed by atoms with E-state index in [1.165, 1.54) is 0 Å². The van der Waals surface area contributed by atoms with Crippen molar-refractivity contribution in [2.75, 3.05) is 0 Å². The normalized spacial score (nSPS) is 12.2. The lowest BCUT2D eigenvalue weighted by Crippen LogP contribution is -2.17. The molecule has 0 aliphatic heterocycles. The maximum absolute atomic E-state index is 11.5. The summed E-state index contributed by atoms with van der Waals surface area (Å²) in [4.78, 5) is 20.1. The van der Waals surface area contributed by atoms with Crippen LogP contribution in [0.15, 0.2) is 30.5 Å². The van der Waals surface area contributed by atoms with E-state index in [0.29, 0.717) is 12.1 Å².